The van der Waals surface area contributed by atoms with Gasteiger partial charge >= 0.3 is 0 Å². The van der Waals surface area contributed by atoms with Crippen molar-refractivity contribution < 1.29 is 9.53 Å². The minimum Gasteiger partial charge on any atom is -0.467 e. The van der Waals surface area contributed by atoms with E-state index in [9.17, 15) is 4.79 Å². The molecule has 4 aromatic rings. The highest BCUT2D eigenvalue weighted by Gasteiger charge is 2.17. The number of thiophene rings is 1. The van der Waals surface area contributed by atoms with Crippen LogP contribution in [0.3, 0.4) is 0 Å². The monoisotopic (exact) mass is 431 g/mol. The smallest absolute Gasteiger partial charge is 0.262 e. The Morgan fingerprint density at radius 3 is 2.61 bits per heavy atom. The zero-order valence-corrected chi connectivity index (χ0v) is 18.9. The second-order valence-corrected chi connectivity index (χ2v) is 8.76. The number of hydrogen-bond donors (Lipinski definition) is 1. The summed E-state index contributed by atoms with van der Waals surface area (Å²) >= 11 is 1.54. The van der Waals surface area contributed by atoms with E-state index in [1.807, 2.05) is 25.1 Å². The Morgan fingerprint density at radius 2 is 1.87 bits per heavy atom. The highest BCUT2D eigenvalue weighted by molar-refractivity contribution is 7.17. The van der Waals surface area contributed by atoms with Gasteiger partial charge in [0.2, 0.25) is 5.88 Å². The van der Waals surface area contributed by atoms with Crippen molar-refractivity contribution in [2.24, 2.45) is 0 Å². The number of nitrogens with zero attached hydrogens (tertiary/aromatic N) is 2. The third-order valence-corrected chi connectivity index (χ3v) is 6.12. The molecule has 0 atom stereocenters. The molecule has 6 heteroatoms. The van der Waals surface area contributed by atoms with Crippen molar-refractivity contribution in [3.05, 3.63) is 70.9 Å². The van der Waals surface area contributed by atoms with E-state index in [1.165, 1.54) is 23.2 Å². The molecule has 0 aliphatic heterocycles. The lowest BCUT2D eigenvalue weighted by molar-refractivity contribution is -0.118. The van der Waals surface area contributed by atoms with Crippen LogP contribution in [-0.2, 0) is 4.79 Å². The normalized spacial score (nSPS) is 11.1. The van der Waals surface area contributed by atoms with Crippen LogP contribution in [0.4, 0.5) is 5.69 Å². The van der Waals surface area contributed by atoms with Crippen LogP contribution in [0, 0.1) is 13.8 Å². The molecule has 0 spiro atoms. The van der Waals surface area contributed by atoms with Gasteiger partial charge in [0.05, 0.1) is 5.39 Å². The Morgan fingerprint density at radius 1 is 1.10 bits per heavy atom. The molecule has 2 aromatic carbocycles. The van der Waals surface area contributed by atoms with Crippen molar-refractivity contribution in [2.45, 2.75) is 33.6 Å². The molecule has 158 valence electrons. The number of carbonyl (C=O) groups excluding carboxylic acids is 1. The molecule has 0 bridgehead atoms. The van der Waals surface area contributed by atoms with Crippen molar-refractivity contribution in [3.63, 3.8) is 0 Å². The second kappa shape index (κ2) is 8.86. The summed E-state index contributed by atoms with van der Waals surface area (Å²) in [7, 11) is 0. The summed E-state index contributed by atoms with van der Waals surface area (Å²) < 4.78 is 5.88. The number of hydrogen-bond acceptors (Lipinski definition) is 5. The maximum absolute atomic E-state index is 12.7. The molecule has 4 rings (SSSR count). The topological polar surface area (TPSA) is 64.1 Å². The summed E-state index contributed by atoms with van der Waals surface area (Å²) in [5.41, 5.74) is 6.28. The maximum Gasteiger partial charge on any atom is 0.262 e. The number of ether oxygens (including phenoxy) is 1. The number of nitrogens with one attached hydrogen (secondary N) is 1. The third-order valence-electron chi connectivity index (χ3n) is 5.23. The SMILES string of the molecule is Cc1ccc(-c2csc3ncnc(OCC(=O)Nc4c(C)cccc4C(C)C)c23)cc1. The number of anilines is 1. The number of aryl methyl sites for hydroxylation is 2. The molecular weight excluding hydrogens is 406 g/mol. The molecule has 2 aromatic heterocycles. The predicted octanol–water partition coefficient (Wildman–Crippen LogP) is 6.12. The highest BCUT2D eigenvalue weighted by Crippen LogP contribution is 2.37. The Kier molecular flexibility index (Phi) is 6.00. The molecule has 0 saturated heterocycles. The zero-order valence-electron chi connectivity index (χ0n) is 18.1. The van der Waals surface area contributed by atoms with Gasteiger partial charge in [0, 0.05) is 16.6 Å². The molecule has 31 heavy (non-hydrogen) atoms. The number of fused-ring (bicyclic) bond motifs is 1. The number of benzene rings is 2. The molecule has 0 radical (unpaired) electrons. The van der Waals surface area contributed by atoms with Crippen molar-refractivity contribution in [1.29, 1.82) is 0 Å². The molecule has 1 N–H and O–H groups in total. The Labute approximate surface area is 186 Å². The van der Waals surface area contributed by atoms with Crippen LogP contribution >= 0.6 is 11.3 Å². The van der Waals surface area contributed by atoms with E-state index in [1.54, 1.807) is 0 Å². The maximum atomic E-state index is 12.7. The fourth-order valence-corrected chi connectivity index (χ4v) is 4.46. The summed E-state index contributed by atoms with van der Waals surface area (Å²) in [5, 5.41) is 5.91. The van der Waals surface area contributed by atoms with Gasteiger partial charge in [-0.15, -0.1) is 11.3 Å². The molecule has 0 aliphatic carbocycles. The van der Waals surface area contributed by atoms with Crippen LogP contribution in [0.15, 0.2) is 54.2 Å². The first kappa shape index (κ1) is 21.0. The Hall–Kier alpha value is -3.25. The molecule has 0 fully saturated rings. The van der Waals surface area contributed by atoms with E-state index in [0.717, 1.165) is 38.2 Å². The first-order chi connectivity index (χ1) is 14.9. The second-order valence-electron chi connectivity index (χ2n) is 7.91. The fourth-order valence-electron chi connectivity index (χ4n) is 3.55. The minimum atomic E-state index is -0.213. The Bertz CT molecular complexity index is 1230. The van der Waals surface area contributed by atoms with Crippen molar-refractivity contribution in [1.82, 2.24) is 9.97 Å². The summed E-state index contributed by atoms with van der Waals surface area (Å²) in [6.07, 6.45) is 1.48. The third kappa shape index (κ3) is 4.44. The first-order valence-corrected chi connectivity index (χ1v) is 11.1. The molecule has 2 heterocycles. The summed E-state index contributed by atoms with van der Waals surface area (Å²) in [6, 6.07) is 14.3. The summed E-state index contributed by atoms with van der Waals surface area (Å²) in [6.45, 7) is 8.16. The molecule has 1 amide bonds. The van der Waals surface area contributed by atoms with Crippen LogP contribution in [0.1, 0.15) is 36.5 Å². The van der Waals surface area contributed by atoms with E-state index >= 15 is 0 Å². The molecule has 0 saturated carbocycles. The highest BCUT2D eigenvalue weighted by atomic mass is 32.1. The molecule has 5 nitrogen and oxygen atoms in total. The number of rotatable bonds is 6. The van der Waals surface area contributed by atoms with Gasteiger partial charge in [-0.25, -0.2) is 9.97 Å². The number of carbonyl (C=O) groups is 1. The van der Waals surface area contributed by atoms with Gasteiger partial charge < -0.3 is 10.1 Å². The van der Waals surface area contributed by atoms with E-state index in [-0.39, 0.29) is 12.5 Å². The van der Waals surface area contributed by atoms with Crippen molar-refractivity contribution in [3.8, 4) is 17.0 Å². The van der Waals surface area contributed by atoms with E-state index < -0.39 is 0 Å². The standard InChI is InChI=1S/C25H25N3O2S/c1-15(2)19-7-5-6-17(4)23(19)28-21(29)12-30-24-22-20(13-31-25(22)27-14-26-24)18-10-8-16(3)9-11-18/h5-11,13-15H,12H2,1-4H3,(H,28,29). The van der Waals surface area contributed by atoms with Gasteiger partial charge in [-0.3, -0.25) is 4.79 Å². The number of aromatic nitrogens is 2. The fraction of sp³-hybridized carbons (Fsp3) is 0.240. The average molecular weight is 432 g/mol. The summed E-state index contributed by atoms with van der Waals surface area (Å²) in [4.78, 5) is 22.2. The van der Waals surface area contributed by atoms with Crippen LogP contribution in [0.2, 0.25) is 0 Å². The number of amides is 1. The first-order valence-electron chi connectivity index (χ1n) is 10.3. The van der Waals surface area contributed by atoms with Crippen LogP contribution < -0.4 is 10.1 Å². The van der Waals surface area contributed by atoms with Gasteiger partial charge in [-0.05, 0) is 36.5 Å². The average Bonchev–Trinajstić information content (AvgIpc) is 3.19. The lowest BCUT2D eigenvalue weighted by Crippen LogP contribution is -2.22. The van der Waals surface area contributed by atoms with Crippen LogP contribution in [0.5, 0.6) is 5.88 Å². The van der Waals surface area contributed by atoms with Gasteiger partial charge in [-0.2, -0.15) is 0 Å². The molecule has 0 aliphatic rings. The van der Waals surface area contributed by atoms with Gasteiger partial charge in [0.15, 0.2) is 6.61 Å². The lowest BCUT2D eigenvalue weighted by atomic mass is 9.98. The predicted molar refractivity (Wildman–Crippen MR) is 127 cm³/mol. The molecular formula is C25H25N3O2S. The lowest BCUT2D eigenvalue weighted by Gasteiger charge is -2.16. The minimum absolute atomic E-state index is 0.124. The van der Waals surface area contributed by atoms with Crippen LogP contribution in [0.25, 0.3) is 21.3 Å². The van der Waals surface area contributed by atoms with Crippen molar-refractivity contribution in [2.75, 3.05) is 11.9 Å². The van der Waals surface area contributed by atoms with Crippen LogP contribution in [-0.4, -0.2) is 22.5 Å². The van der Waals surface area contributed by atoms with E-state index in [0.29, 0.717) is 11.8 Å². The van der Waals surface area contributed by atoms with E-state index in [2.05, 4.69) is 65.7 Å². The van der Waals surface area contributed by atoms with Crippen molar-refractivity contribution >= 4 is 33.1 Å². The van der Waals surface area contributed by atoms with Gasteiger partial charge in [0.25, 0.3) is 5.91 Å². The quantitative estimate of drug-likeness (QED) is 0.400. The Balaban J connectivity index is 1.57. The largest absolute Gasteiger partial charge is 0.467 e. The van der Waals surface area contributed by atoms with Gasteiger partial charge in [0.1, 0.15) is 11.2 Å². The van der Waals surface area contributed by atoms with E-state index in [4.69, 9.17) is 4.74 Å². The number of para-hydroxylation sites is 1. The van der Waals surface area contributed by atoms with Gasteiger partial charge in [-0.1, -0.05) is 61.9 Å². The summed E-state index contributed by atoms with van der Waals surface area (Å²) in [5.74, 6) is 0.515. The molecule has 0 unspecified atom stereocenters. The zero-order chi connectivity index (χ0) is 22.0.